The molecule has 1 N–H and O–H groups in total. The summed E-state index contributed by atoms with van der Waals surface area (Å²) in [5, 5.41) is 8.27. The number of aryl methyl sites for hydroxylation is 2. The predicted octanol–water partition coefficient (Wildman–Crippen LogP) is 2.42. The molecule has 1 amide bonds. The summed E-state index contributed by atoms with van der Waals surface area (Å²) in [5.74, 6) is 0.0499. The van der Waals surface area contributed by atoms with Gasteiger partial charge in [-0.25, -0.2) is 4.98 Å². The molecule has 0 bridgehead atoms. The van der Waals surface area contributed by atoms with Crippen molar-refractivity contribution in [3.63, 3.8) is 0 Å². The van der Waals surface area contributed by atoms with Crippen LogP contribution >= 0.6 is 11.3 Å². The smallest absolute Gasteiger partial charge is 0.275 e. The lowest BCUT2D eigenvalue weighted by atomic mass is 9.97. The normalized spacial score (nSPS) is 16.9. The summed E-state index contributed by atoms with van der Waals surface area (Å²) in [7, 11) is 0. The molecule has 4 rings (SSSR count). The number of aromatic nitrogens is 3. The molecule has 3 aromatic rings. The van der Waals surface area contributed by atoms with E-state index in [2.05, 4.69) is 32.4 Å². The number of anilines is 1. The zero-order valence-corrected chi connectivity index (χ0v) is 17.3. The average molecular weight is 412 g/mol. The molecule has 0 spiro atoms. The number of rotatable bonds is 6. The van der Waals surface area contributed by atoms with Gasteiger partial charge >= 0.3 is 0 Å². The van der Waals surface area contributed by atoms with Crippen molar-refractivity contribution in [3.05, 3.63) is 58.0 Å². The van der Waals surface area contributed by atoms with E-state index in [4.69, 9.17) is 0 Å². The molecule has 1 fully saturated rings. The Balaban J connectivity index is 1.33. The monoisotopic (exact) mass is 411 g/mol. The Hall–Kier alpha value is -2.74. The quantitative estimate of drug-likeness (QED) is 0.630. The lowest BCUT2D eigenvalue weighted by molar-refractivity contribution is -0.125. The van der Waals surface area contributed by atoms with Gasteiger partial charge in [0.2, 0.25) is 16.0 Å². The van der Waals surface area contributed by atoms with Crippen molar-refractivity contribution in [1.82, 2.24) is 19.9 Å². The molecule has 7 nitrogen and oxygen atoms in total. The van der Waals surface area contributed by atoms with Crippen LogP contribution in [-0.4, -0.2) is 40.1 Å². The number of carbonyl (C=O) groups is 1. The van der Waals surface area contributed by atoms with Gasteiger partial charge in [-0.2, -0.15) is 4.52 Å². The third kappa shape index (κ3) is 4.64. The molecular formula is C21H25N5O2S. The van der Waals surface area contributed by atoms with Crippen LogP contribution in [0, 0.1) is 12.8 Å². The molecule has 1 unspecified atom stereocenters. The Morgan fingerprint density at radius 3 is 2.97 bits per heavy atom. The topological polar surface area (TPSA) is 79.6 Å². The number of hydrogen-bond donors (Lipinski definition) is 1. The van der Waals surface area contributed by atoms with E-state index >= 15 is 0 Å². The second-order valence-corrected chi connectivity index (χ2v) is 8.41. The molecule has 0 saturated carbocycles. The minimum absolute atomic E-state index is 0.0566. The van der Waals surface area contributed by atoms with Crippen LogP contribution in [-0.2, 0) is 11.2 Å². The molecule has 3 heterocycles. The third-order valence-corrected chi connectivity index (χ3v) is 6.18. The molecule has 1 aliphatic rings. The van der Waals surface area contributed by atoms with Gasteiger partial charge in [-0.1, -0.05) is 41.7 Å². The molecule has 29 heavy (non-hydrogen) atoms. The van der Waals surface area contributed by atoms with E-state index in [0.29, 0.717) is 23.7 Å². The van der Waals surface area contributed by atoms with Gasteiger partial charge in [0.1, 0.15) is 0 Å². The zero-order valence-electron chi connectivity index (χ0n) is 16.5. The van der Waals surface area contributed by atoms with Gasteiger partial charge in [0.25, 0.3) is 5.56 Å². The van der Waals surface area contributed by atoms with Crippen LogP contribution in [0.15, 0.2) is 41.2 Å². The Bertz CT molecular complexity index is 1050. The van der Waals surface area contributed by atoms with E-state index < -0.39 is 0 Å². The largest absolute Gasteiger partial charge is 0.356 e. The lowest BCUT2D eigenvalue weighted by Crippen LogP contribution is -2.43. The summed E-state index contributed by atoms with van der Waals surface area (Å²) in [5.41, 5.74) is 1.82. The molecule has 1 atom stereocenters. The fraction of sp³-hybridized carbons (Fsp3) is 0.429. The highest BCUT2D eigenvalue weighted by atomic mass is 32.1. The first-order valence-electron chi connectivity index (χ1n) is 10.0. The van der Waals surface area contributed by atoms with Gasteiger partial charge in [-0.15, -0.1) is 5.10 Å². The molecule has 1 aromatic carbocycles. The maximum Gasteiger partial charge on any atom is 0.275 e. The van der Waals surface area contributed by atoms with Crippen LogP contribution in [0.5, 0.6) is 0 Å². The van der Waals surface area contributed by atoms with E-state index in [1.807, 2.05) is 18.2 Å². The summed E-state index contributed by atoms with van der Waals surface area (Å²) in [4.78, 5) is 31.8. The number of fused-ring (bicyclic) bond motifs is 1. The SMILES string of the molecule is Cc1cc(=O)n2nc(N3CCCC(C(=O)NCCCc4ccccc4)C3)sc2n1. The van der Waals surface area contributed by atoms with Gasteiger partial charge in [0.15, 0.2) is 0 Å². The van der Waals surface area contributed by atoms with Crippen molar-refractivity contribution >= 4 is 27.3 Å². The van der Waals surface area contributed by atoms with Crippen molar-refractivity contribution in [2.75, 3.05) is 24.5 Å². The molecular weight excluding hydrogens is 386 g/mol. The van der Waals surface area contributed by atoms with Crippen LogP contribution in [0.1, 0.15) is 30.5 Å². The highest BCUT2D eigenvalue weighted by Crippen LogP contribution is 2.27. The summed E-state index contributed by atoms with van der Waals surface area (Å²) < 4.78 is 1.35. The Labute approximate surface area is 173 Å². The Kier molecular flexibility index (Phi) is 5.89. The molecule has 2 aromatic heterocycles. The number of nitrogens with zero attached hydrogens (tertiary/aromatic N) is 4. The van der Waals surface area contributed by atoms with E-state index in [1.54, 1.807) is 6.92 Å². The van der Waals surface area contributed by atoms with Crippen LogP contribution < -0.4 is 15.8 Å². The minimum atomic E-state index is -0.167. The standard InChI is InChI=1S/C21H25N5O2S/c1-15-13-18(27)26-20(23-15)29-21(24-26)25-12-6-10-17(14-25)19(28)22-11-5-9-16-7-3-2-4-8-16/h2-4,7-8,13,17H,5-6,9-12,14H2,1H3,(H,22,28). The zero-order chi connectivity index (χ0) is 20.2. The maximum absolute atomic E-state index is 12.6. The van der Waals surface area contributed by atoms with Gasteiger partial charge in [-0.05, 0) is 38.2 Å². The average Bonchev–Trinajstić information content (AvgIpc) is 3.16. The second kappa shape index (κ2) is 8.73. The molecule has 0 aliphatic carbocycles. The minimum Gasteiger partial charge on any atom is -0.356 e. The lowest BCUT2D eigenvalue weighted by Gasteiger charge is -2.31. The van der Waals surface area contributed by atoms with Crippen molar-refractivity contribution in [3.8, 4) is 0 Å². The van der Waals surface area contributed by atoms with Crippen molar-refractivity contribution in [2.45, 2.75) is 32.6 Å². The summed E-state index contributed by atoms with van der Waals surface area (Å²) in [6.07, 6.45) is 3.70. The summed E-state index contributed by atoms with van der Waals surface area (Å²) >= 11 is 1.40. The van der Waals surface area contributed by atoms with Gasteiger partial charge in [0, 0.05) is 31.4 Å². The number of amides is 1. The van der Waals surface area contributed by atoms with E-state index in [0.717, 1.165) is 37.4 Å². The van der Waals surface area contributed by atoms with Gasteiger partial charge in [0.05, 0.1) is 5.92 Å². The molecule has 0 radical (unpaired) electrons. The van der Waals surface area contributed by atoms with Crippen molar-refractivity contribution in [1.29, 1.82) is 0 Å². The Morgan fingerprint density at radius 1 is 1.31 bits per heavy atom. The fourth-order valence-corrected chi connectivity index (χ4v) is 4.68. The second-order valence-electron chi connectivity index (χ2n) is 7.48. The first kappa shape index (κ1) is 19.6. The van der Waals surface area contributed by atoms with Crippen LogP contribution in [0.25, 0.3) is 4.96 Å². The molecule has 152 valence electrons. The van der Waals surface area contributed by atoms with Crippen LogP contribution in [0.2, 0.25) is 0 Å². The summed E-state index contributed by atoms with van der Waals surface area (Å²) in [6, 6.07) is 11.8. The molecule has 1 aliphatic heterocycles. The first-order chi connectivity index (χ1) is 14.1. The number of benzene rings is 1. The molecule has 8 heteroatoms. The molecule has 1 saturated heterocycles. The van der Waals surface area contributed by atoms with Gasteiger partial charge < -0.3 is 10.2 Å². The first-order valence-corrected chi connectivity index (χ1v) is 10.9. The van der Waals surface area contributed by atoms with Gasteiger partial charge in [-0.3, -0.25) is 9.59 Å². The highest BCUT2D eigenvalue weighted by molar-refractivity contribution is 7.20. The van der Waals surface area contributed by atoms with Crippen LogP contribution in [0.4, 0.5) is 5.13 Å². The fourth-order valence-electron chi connectivity index (χ4n) is 3.70. The summed E-state index contributed by atoms with van der Waals surface area (Å²) in [6.45, 7) is 3.95. The van der Waals surface area contributed by atoms with Crippen LogP contribution in [0.3, 0.4) is 0 Å². The third-order valence-electron chi connectivity index (χ3n) is 5.21. The van der Waals surface area contributed by atoms with Crippen molar-refractivity contribution in [2.24, 2.45) is 5.92 Å². The Morgan fingerprint density at radius 2 is 2.14 bits per heavy atom. The highest BCUT2D eigenvalue weighted by Gasteiger charge is 2.27. The van der Waals surface area contributed by atoms with E-state index in [-0.39, 0.29) is 17.4 Å². The van der Waals surface area contributed by atoms with E-state index in [9.17, 15) is 9.59 Å². The maximum atomic E-state index is 12.6. The number of hydrogen-bond acceptors (Lipinski definition) is 6. The number of piperidine rings is 1. The van der Waals surface area contributed by atoms with E-state index in [1.165, 1.54) is 27.5 Å². The van der Waals surface area contributed by atoms with Crippen molar-refractivity contribution < 1.29 is 4.79 Å². The number of carbonyl (C=O) groups excluding carboxylic acids is 1. The predicted molar refractivity (Wildman–Crippen MR) is 115 cm³/mol. The number of nitrogens with one attached hydrogen (secondary N) is 1.